The van der Waals surface area contributed by atoms with E-state index in [0.717, 1.165) is 11.3 Å². The standard InChI is InChI=1S/C20H23N5OS/c1-20(2,3)24(14-16-10-6-4-7-11-16)18(26)15-27-19-21-22-23-25(19)17-12-8-5-9-13-17/h4-13H,14-15H2,1-3H3. The lowest BCUT2D eigenvalue weighted by molar-refractivity contribution is -0.133. The van der Waals surface area contributed by atoms with Gasteiger partial charge < -0.3 is 4.90 Å². The molecule has 1 amide bonds. The van der Waals surface area contributed by atoms with E-state index in [1.807, 2.05) is 86.3 Å². The maximum absolute atomic E-state index is 13.0. The zero-order valence-electron chi connectivity index (χ0n) is 15.7. The maximum Gasteiger partial charge on any atom is 0.233 e. The Morgan fingerprint density at radius 1 is 1.04 bits per heavy atom. The minimum Gasteiger partial charge on any atom is -0.333 e. The number of amides is 1. The van der Waals surface area contributed by atoms with Crippen LogP contribution in [0.4, 0.5) is 0 Å². The Balaban J connectivity index is 1.71. The lowest BCUT2D eigenvalue weighted by Gasteiger charge is -2.36. The molecular weight excluding hydrogens is 358 g/mol. The Morgan fingerprint density at radius 3 is 2.30 bits per heavy atom. The number of benzene rings is 2. The van der Waals surface area contributed by atoms with Gasteiger partial charge in [0.15, 0.2) is 0 Å². The summed E-state index contributed by atoms with van der Waals surface area (Å²) < 4.78 is 1.65. The fourth-order valence-corrected chi connectivity index (χ4v) is 3.44. The van der Waals surface area contributed by atoms with E-state index in [4.69, 9.17) is 0 Å². The topological polar surface area (TPSA) is 63.9 Å². The summed E-state index contributed by atoms with van der Waals surface area (Å²) in [7, 11) is 0. The first-order valence-electron chi connectivity index (χ1n) is 8.76. The van der Waals surface area contributed by atoms with Crippen LogP contribution >= 0.6 is 11.8 Å². The van der Waals surface area contributed by atoms with Gasteiger partial charge in [-0.1, -0.05) is 60.3 Å². The second-order valence-corrected chi connectivity index (χ2v) is 8.08. The van der Waals surface area contributed by atoms with Crippen LogP contribution in [-0.4, -0.2) is 42.3 Å². The third kappa shape index (κ3) is 4.95. The van der Waals surface area contributed by atoms with Gasteiger partial charge in [-0.2, -0.15) is 4.68 Å². The van der Waals surface area contributed by atoms with Crippen LogP contribution in [-0.2, 0) is 11.3 Å². The van der Waals surface area contributed by atoms with Crippen LogP contribution in [0.15, 0.2) is 65.8 Å². The summed E-state index contributed by atoms with van der Waals surface area (Å²) in [4.78, 5) is 14.9. The Kier molecular flexibility index (Phi) is 5.91. The van der Waals surface area contributed by atoms with Gasteiger partial charge in [-0.05, 0) is 48.9 Å². The van der Waals surface area contributed by atoms with Crippen molar-refractivity contribution in [3.8, 4) is 5.69 Å². The van der Waals surface area contributed by atoms with E-state index < -0.39 is 0 Å². The highest BCUT2D eigenvalue weighted by Gasteiger charge is 2.27. The average molecular weight is 382 g/mol. The first-order valence-corrected chi connectivity index (χ1v) is 9.75. The predicted octanol–water partition coefficient (Wildman–Crippen LogP) is 3.58. The number of para-hydroxylation sites is 1. The van der Waals surface area contributed by atoms with E-state index in [2.05, 4.69) is 15.5 Å². The molecule has 2 aromatic carbocycles. The quantitative estimate of drug-likeness (QED) is 0.611. The van der Waals surface area contributed by atoms with Gasteiger partial charge in [-0.25, -0.2) is 0 Å². The van der Waals surface area contributed by atoms with Gasteiger partial charge in [0.1, 0.15) is 0 Å². The summed E-state index contributed by atoms with van der Waals surface area (Å²) in [6.07, 6.45) is 0. The van der Waals surface area contributed by atoms with Crippen LogP contribution in [0.2, 0.25) is 0 Å². The van der Waals surface area contributed by atoms with Crippen molar-refractivity contribution in [3.63, 3.8) is 0 Å². The first kappa shape index (κ1) is 19.1. The highest BCUT2D eigenvalue weighted by Crippen LogP contribution is 2.22. The number of carbonyl (C=O) groups is 1. The molecule has 0 unspecified atom stereocenters. The van der Waals surface area contributed by atoms with Crippen LogP contribution in [0.1, 0.15) is 26.3 Å². The second-order valence-electron chi connectivity index (χ2n) is 7.13. The van der Waals surface area contributed by atoms with Crippen LogP contribution in [0.3, 0.4) is 0 Å². The maximum atomic E-state index is 13.0. The van der Waals surface area contributed by atoms with Gasteiger partial charge in [-0.15, -0.1) is 5.10 Å². The zero-order chi connectivity index (χ0) is 19.3. The predicted molar refractivity (Wildman–Crippen MR) is 107 cm³/mol. The van der Waals surface area contributed by atoms with Gasteiger partial charge in [0.05, 0.1) is 11.4 Å². The Morgan fingerprint density at radius 2 is 1.67 bits per heavy atom. The largest absolute Gasteiger partial charge is 0.333 e. The first-order chi connectivity index (χ1) is 12.9. The molecule has 0 N–H and O–H groups in total. The van der Waals surface area contributed by atoms with Gasteiger partial charge in [0.25, 0.3) is 0 Å². The number of thioether (sulfide) groups is 1. The van der Waals surface area contributed by atoms with E-state index in [1.165, 1.54) is 11.8 Å². The molecule has 1 heterocycles. The molecule has 3 rings (SSSR count). The summed E-state index contributed by atoms with van der Waals surface area (Å²) >= 11 is 1.35. The van der Waals surface area contributed by atoms with Gasteiger partial charge in [0.2, 0.25) is 11.1 Å². The Hall–Kier alpha value is -2.67. The van der Waals surface area contributed by atoms with Crippen molar-refractivity contribution in [2.24, 2.45) is 0 Å². The van der Waals surface area contributed by atoms with Crippen molar-refractivity contribution in [1.82, 2.24) is 25.1 Å². The van der Waals surface area contributed by atoms with Crippen LogP contribution in [0.5, 0.6) is 0 Å². The molecule has 0 atom stereocenters. The summed E-state index contributed by atoms with van der Waals surface area (Å²) in [5.74, 6) is 0.330. The molecule has 0 aliphatic carbocycles. The van der Waals surface area contributed by atoms with Crippen LogP contribution in [0, 0.1) is 0 Å². The molecule has 7 heteroatoms. The van der Waals surface area contributed by atoms with E-state index in [9.17, 15) is 4.79 Å². The molecule has 1 aromatic heterocycles. The van der Waals surface area contributed by atoms with Crippen molar-refractivity contribution < 1.29 is 4.79 Å². The highest BCUT2D eigenvalue weighted by atomic mass is 32.2. The molecule has 0 saturated heterocycles. The van der Waals surface area contributed by atoms with Gasteiger partial charge in [-0.3, -0.25) is 4.79 Å². The summed E-state index contributed by atoms with van der Waals surface area (Å²) in [6, 6.07) is 19.7. The molecule has 0 aliphatic heterocycles. The lowest BCUT2D eigenvalue weighted by atomic mass is 10.0. The summed E-state index contributed by atoms with van der Waals surface area (Å²) in [6.45, 7) is 6.72. The van der Waals surface area contributed by atoms with E-state index >= 15 is 0 Å². The molecule has 0 aliphatic rings. The summed E-state index contributed by atoms with van der Waals surface area (Å²) in [5.41, 5.74) is 1.70. The summed E-state index contributed by atoms with van der Waals surface area (Å²) in [5, 5.41) is 12.5. The SMILES string of the molecule is CC(C)(C)N(Cc1ccccc1)C(=O)CSc1nnnn1-c1ccccc1. The Bertz CT molecular complexity index is 874. The molecule has 0 spiro atoms. The van der Waals surface area contributed by atoms with E-state index in [-0.39, 0.29) is 17.2 Å². The minimum atomic E-state index is -0.279. The van der Waals surface area contributed by atoms with Gasteiger partial charge in [0, 0.05) is 12.1 Å². The third-order valence-electron chi connectivity index (χ3n) is 4.06. The fraction of sp³-hybridized carbons (Fsp3) is 0.300. The normalized spacial score (nSPS) is 11.4. The number of tetrazole rings is 1. The van der Waals surface area contributed by atoms with Crippen molar-refractivity contribution in [2.75, 3.05) is 5.75 Å². The van der Waals surface area contributed by atoms with E-state index in [1.54, 1.807) is 4.68 Å². The molecule has 27 heavy (non-hydrogen) atoms. The van der Waals surface area contributed by atoms with Gasteiger partial charge >= 0.3 is 0 Å². The molecule has 140 valence electrons. The molecule has 0 saturated carbocycles. The molecule has 0 fully saturated rings. The fourth-order valence-electron chi connectivity index (χ4n) is 2.67. The van der Waals surface area contributed by atoms with Crippen molar-refractivity contribution in [1.29, 1.82) is 0 Å². The number of hydrogen-bond donors (Lipinski definition) is 0. The monoisotopic (exact) mass is 381 g/mol. The number of carbonyl (C=O) groups excluding carboxylic acids is 1. The molecule has 3 aromatic rings. The number of hydrogen-bond acceptors (Lipinski definition) is 5. The third-order valence-corrected chi connectivity index (χ3v) is 4.96. The van der Waals surface area contributed by atoms with Crippen molar-refractivity contribution >= 4 is 17.7 Å². The second kappa shape index (κ2) is 8.35. The molecule has 6 nitrogen and oxygen atoms in total. The molecule has 0 bridgehead atoms. The average Bonchev–Trinajstić information content (AvgIpc) is 3.13. The number of aromatic nitrogens is 4. The molecular formula is C20H23N5OS. The van der Waals surface area contributed by atoms with E-state index in [0.29, 0.717) is 11.7 Å². The number of nitrogens with zero attached hydrogens (tertiary/aromatic N) is 5. The molecule has 0 radical (unpaired) electrons. The number of rotatable bonds is 6. The van der Waals surface area contributed by atoms with Crippen LogP contribution in [0.25, 0.3) is 5.69 Å². The van der Waals surface area contributed by atoms with Crippen LogP contribution < -0.4 is 0 Å². The zero-order valence-corrected chi connectivity index (χ0v) is 16.6. The van der Waals surface area contributed by atoms with Crippen molar-refractivity contribution in [3.05, 3.63) is 66.2 Å². The minimum absolute atomic E-state index is 0.0546. The lowest BCUT2D eigenvalue weighted by Crippen LogP contribution is -2.45. The smallest absolute Gasteiger partial charge is 0.233 e. The van der Waals surface area contributed by atoms with Crippen molar-refractivity contribution in [2.45, 2.75) is 38.0 Å². The highest BCUT2D eigenvalue weighted by molar-refractivity contribution is 7.99. The Labute approximate surface area is 163 Å².